The maximum absolute atomic E-state index is 11.1. The van der Waals surface area contributed by atoms with Crippen molar-refractivity contribution in [2.45, 2.75) is 11.8 Å². The zero-order chi connectivity index (χ0) is 15.6. The SMILES string of the molecule is O=C(O)c1cccc(N2CCC(CO)(c3ccccc3)C2)n1. The third kappa shape index (κ3) is 2.55. The highest BCUT2D eigenvalue weighted by Gasteiger charge is 2.39. The molecule has 0 spiro atoms. The summed E-state index contributed by atoms with van der Waals surface area (Å²) in [7, 11) is 0. The van der Waals surface area contributed by atoms with Crippen LogP contribution in [0.4, 0.5) is 5.82 Å². The van der Waals surface area contributed by atoms with E-state index in [1.165, 1.54) is 6.07 Å². The predicted molar refractivity (Wildman–Crippen MR) is 83.2 cm³/mol. The van der Waals surface area contributed by atoms with E-state index in [0.717, 1.165) is 18.5 Å². The number of carbonyl (C=O) groups is 1. The van der Waals surface area contributed by atoms with E-state index in [0.29, 0.717) is 12.4 Å². The summed E-state index contributed by atoms with van der Waals surface area (Å²) in [5.74, 6) is -0.385. The van der Waals surface area contributed by atoms with Crippen LogP contribution in [-0.2, 0) is 5.41 Å². The third-order valence-corrected chi connectivity index (χ3v) is 4.32. The Kier molecular flexibility index (Phi) is 3.81. The van der Waals surface area contributed by atoms with Crippen LogP contribution >= 0.6 is 0 Å². The van der Waals surface area contributed by atoms with Gasteiger partial charge in [0.1, 0.15) is 5.82 Å². The molecule has 0 saturated carbocycles. The van der Waals surface area contributed by atoms with Crippen LogP contribution in [0.1, 0.15) is 22.5 Å². The number of carboxylic acid groups (broad SMARTS) is 1. The lowest BCUT2D eigenvalue weighted by atomic mass is 9.80. The molecule has 0 aliphatic carbocycles. The minimum absolute atomic E-state index is 0.0405. The molecule has 0 bridgehead atoms. The lowest BCUT2D eigenvalue weighted by Gasteiger charge is -2.28. The molecule has 1 fully saturated rings. The van der Waals surface area contributed by atoms with Gasteiger partial charge in [0, 0.05) is 18.5 Å². The molecule has 2 heterocycles. The molecule has 3 rings (SSSR count). The summed E-state index contributed by atoms with van der Waals surface area (Å²) in [6.45, 7) is 1.43. The first-order valence-electron chi connectivity index (χ1n) is 7.26. The largest absolute Gasteiger partial charge is 0.477 e. The molecular formula is C17H18N2O3. The Hall–Kier alpha value is -2.40. The highest BCUT2D eigenvalue weighted by atomic mass is 16.4. The Morgan fingerprint density at radius 3 is 2.64 bits per heavy atom. The van der Waals surface area contributed by atoms with Gasteiger partial charge in [0.15, 0.2) is 5.69 Å². The predicted octanol–water partition coefficient (Wildman–Crippen LogP) is 1.92. The van der Waals surface area contributed by atoms with Crippen LogP contribution in [0, 0.1) is 0 Å². The van der Waals surface area contributed by atoms with Crippen molar-refractivity contribution in [2.75, 3.05) is 24.6 Å². The summed E-state index contributed by atoms with van der Waals surface area (Å²) in [5, 5.41) is 19.0. The first kappa shape index (κ1) is 14.5. The Balaban J connectivity index is 1.88. The van der Waals surface area contributed by atoms with Gasteiger partial charge in [0.05, 0.1) is 6.61 Å². The lowest BCUT2D eigenvalue weighted by molar-refractivity contribution is 0.0690. The van der Waals surface area contributed by atoms with Gasteiger partial charge in [-0.3, -0.25) is 0 Å². The van der Waals surface area contributed by atoms with Crippen LogP contribution in [0.15, 0.2) is 48.5 Å². The second-order valence-electron chi connectivity index (χ2n) is 5.66. The summed E-state index contributed by atoms with van der Waals surface area (Å²) in [6, 6.07) is 15.0. The fraction of sp³-hybridized carbons (Fsp3) is 0.294. The number of aromatic carboxylic acids is 1. The molecule has 1 aliphatic rings. The highest BCUT2D eigenvalue weighted by Crippen LogP contribution is 2.35. The van der Waals surface area contributed by atoms with Crippen LogP contribution in [0.3, 0.4) is 0 Å². The molecule has 1 atom stereocenters. The monoisotopic (exact) mass is 298 g/mol. The van der Waals surface area contributed by atoms with Gasteiger partial charge in [0.25, 0.3) is 0 Å². The second-order valence-corrected chi connectivity index (χ2v) is 5.66. The van der Waals surface area contributed by atoms with Gasteiger partial charge in [-0.15, -0.1) is 0 Å². The molecule has 0 radical (unpaired) electrons. The van der Waals surface area contributed by atoms with Crippen molar-refractivity contribution in [3.05, 3.63) is 59.8 Å². The minimum Gasteiger partial charge on any atom is -0.477 e. The van der Waals surface area contributed by atoms with Gasteiger partial charge < -0.3 is 15.1 Å². The number of benzene rings is 1. The summed E-state index contributed by atoms with van der Waals surface area (Å²) in [6.07, 6.45) is 0.812. The van der Waals surface area contributed by atoms with Crippen LogP contribution in [0.25, 0.3) is 0 Å². The Bertz CT molecular complexity index is 675. The van der Waals surface area contributed by atoms with Crippen molar-refractivity contribution in [3.63, 3.8) is 0 Å². The van der Waals surface area contributed by atoms with E-state index < -0.39 is 5.97 Å². The van der Waals surface area contributed by atoms with Gasteiger partial charge in [-0.05, 0) is 24.1 Å². The van der Waals surface area contributed by atoms with Gasteiger partial charge in [0.2, 0.25) is 0 Å². The normalized spacial score (nSPS) is 21.0. The fourth-order valence-electron chi connectivity index (χ4n) is 3.03. The van der Waals surface area contributed by atoms with E-state index in [9.17, 15) is 9.90 Å². The van der Waals surface area contributed by atoms with E-state index in [-0.39, 0.29) is 17.7 Å². The highest BCUT2D eigenvalue weighted by molar-refractivity contribution is 5.85. The maximum Gasteiger partial charge on any atom is 0.354 e. The fourth-order valence-corrected chi connectivity index (χ4v) is 3.03. The number of hydrogen-bond donors (Lipinski definition) is 2. The summed E-state index contributed by atoms with van der Waals surface area (Å²) in [5.41, 5.74) is 0.829. The number of aliphatic hydroxyl groups is 1. The number of hydrogen-bond acceptors (Lipinski definition) is 4. The van der Waals surface area contributed by atoms with Gasteiger partial charge in [-0.25, -0.2) is 9.78 Å². The van der Waals surface area contributed by atoms with Crippen LogP contribution in [0.2, 0.25) is 0 Å². The maximum atomic E-state index is 11.1. The standard InChI is InChI=1S/C17H18N2O3/c20-12-17(13-5-2-1-3-6-13)9-10-19(11-17)15-8-4-7-14(18-15)16(21)22/h1-8,20H,9-12H2,(H,21,22). The van der Waals surface area contributed by atoms with Gasteiger partial charge in [-0.1, -0.05) is 36.4 Å². The lowest BCUT2D eigenvalue weighted by Crippen LogP contribution is -2.34. The molecule has 1 aliphatic heterocycles. The number of nitrogens with zero attached hydrogens (tertiary/aromatic N) is 2. The van der Waals surface area contributed by atoms with Crippen molar-refractivity contribution in [3.8, 4) is 0 Å². The molecule has 0 amide bonds. The molecule has 2 aromatic rings. The van der Waals surface area contributed by atoms with Crippen LogP contribution < -0.4 is 4.90 Å². The Morgan fingerprint density at radius 2 is 1.95 bits per heavy atom. The van der Waals surface area contributed by atoms with E-state index in [2.05, 4.69) is 4.98 Å². The molecule has 5 nitrogen and oxygen atoms in total. The summed E-state index contributed by atoms with van der Waals surface area (Å²) in [4.78, 5) is 17.3. The third-order valence-electron chi connectivity index (χ3n) is 4.32. The molecule has 2 N–H and O–H groups in total. The summed E-state index contributed by atoms with van der Waals surface area (Å²) >= 11 is 0. The Morgan fingerprint density at radius 1 is 1.18 bits per heavy atom. The summed E-state index contributed by atoms with van der Waals surface area (Å²) < 4.78 is 0. The van der Waals surface area contributed by atoms with Gasteiger partial charge >= 0.3 is 5.97 Å². The number of carboxylic acids is 1. The van der Waals surface area contributed by atoms with Crippen LogP contribution in [0.5, 0.6) is 0 Å². The molecular weight excluding hydrogens is 280 g/mol. The quantitative estimate of drug-likeness (QED) is 0.902. The van der Waals surface area contributed by atoms with Crippen LogP contribution in [-0.4, -0.2) is 40.9 Å². The first-order valence-corrected chi connectivity index (χ1v) is 7.26. The minimum atomic E-state index is -1.03. The molecule has 114 valence electrons. The Labute approximate surface area is 128 Å². The van der Waals surface area contributed by atoms with Crippen molar-refractivity contribution in [1.29, 1.82) is 0 Å². The average Bonchev–Trinajstić information content (AvgIpc) is 3.02. The number of aromatic nitrogens is 1. The van der Waals surface area contributed by atoms with E-state index in [1.807, 2.05) is 41.3 Å². The number of anilines is 1. The first-order chi connectivity index (χ1) is 10.6. The zero-order valence-corrected chi connectivity index (χ0v) is 12.1. The van der Waals surface area contributed by atoms with Gasteiger partial charge in [-0.2, -0.15) is 0 Å². The van der Waals surface area contributed by atoms with E-state index in [4.69, 9.17) is 5.11 Å². The second kappa shape index (κ2) is 5.77. The molecule has 1 aromatic heterocycles. The molecule has 1 saturated heterocycles. The zero-order valence-electron chi connectivity index (χ0n) is 12.1. The van der Waals surface area contributed by atoms with Crippen molar-refractivity contribution in [1.82, 2.24) is 4.98 Å². The van der Waals surface area contributed by atoms with E-state index >= 15 is 0 Å². The molecule has 1 unspecified atom stereocenters. The number of pyridine rings is 1. The molecule has 5 heteroatoms. The van der Waals surface area contributed by atoms with Crippen molar-refractivity contribution in [2.24, 2.45) is 0 Å². The van der Waals surface area contributed by atoms with Crippen molar-refractivity contribution >= 4 is 11.8 Å². The molecule has 22 heavy (non-hydrogen) atoms. The molecule has 1 aromatic carbocycles. The smallest absolute Gasteiger partial charge is 0.354 e. The number of rotatable bonds is 4. The topological polar surface area (TPSA) is 73.7 Å². The average molecular weight is 298 g/mol. The number of aliphatic hydroxyl groups excluding tert-OH is 1. The van der Waals surface area contributed by atoms with E-state index in [1.54, 1.807) is 6.07 Å². The van der Waals surface area contributed by atoms with Crippen molar-refractivity contribution < 1.29 is 15.0 Å².